The maximum absolute atomic E-state index is 4.70. The third-order valence-electron chi connectivity index (χ3n) is 4.90. The lowest BCUT2D eigenvalue weighted by Crippen LogP contribution is -2.10. The molecule has 0 saturated carbocycles. The molecule has 0 fully saturated rings. The Morgan fingerprint density at radius 1 is 1.07 bits per heavy atom. The van der Waals surface area contributed by atoms with E-state index in [1.165, 1.54) is 11.1 Å². The van der Waals surface area contributed by atoms with Crippen molar-refractivity contribution in [1.82, 2.24) is 19.5 Å². The van der Waals surface area contributed by atoms with Crippen LogP contribution in [0.1, 0.15) is 32.4 Å². The van der Waals surface area contributed by atoms with Gasteiger partial charge in [0.25, 0.3) is 0 Å². The highest BCUT2D eigenvalue weighted by molar-refractivity contribution is 5.81. The number of aromatic nitrogens is 4. The summed E-state index contributed by atoms with van der Waals surface area (Å²) in [7, 11) is 0. The fraction of sp³-hybridized carbons (Fsp3) is 0.208. The fourth-order valence-corrected chi connectivity index (χ4v) is 3.25. The standard InChI is InChI=1S/C24H26N6/c1-17(2)11-13-25-20-9-10-22-21(15-20)27-16-30(22)23-12-14-26-24(29-23)28-18(3)19-7-5-4-6-8-19/h4-12,14-16,18,25H,13H2,1-3H3,(H,26,28,29)/t18-/m0/s1. The molecule has 0 spiro atoms. The molecule has 0 radical (unpaired) electrons. The van der Waals surface area contributed by atoms with Gasteiger partial charge in [-0.25, -0.2) is 9.97 Å². The van der Waals surface area contributed by atoms with Crippen molar-refractivity contribution in [2.45, 2.75) is 26.8 Å². The number of allylic oxidation sites excluding steroid dienone is 1. The molecule has 2 aromatic carbocycles. The van der Waals surface area contributed by atoms with Crippen molar-refractivity contribution in [3.63, 3.8) is 0 Å². The molecular weight excluding hydrogens is 372 g/mol. The Labute approximate surface area is 176 Å². The zero-order chi connectivity index (χ0) is 20.9. The van der Waals surface area contributed by atoms with Crippen molar-refractivity contribution in [3.8, 4) is 5.82 Å². The monoisotopic (exact) mass is 398 g/mol. The third kappa shape index (κ3) is 4.49. The number of nitrogens with zero attached hydrogens (tertiary/aromatic N) is 4. The third-order valence-corrected chi connectivity index (χ3v) is 4.90. The molecule has 0 aliphatic rings. The van der Waals surface area contributed by atoms with Crippen LogP contribution in [0, 0.1) is 0 Å². The number of hydrogen-bond donors (Lipinski definition) is 2. The number of rotatable bonds is 7. The molecule has 1 atom stereocenters. The van der Waals surface area contributed by atoms with Crippen molar-refractivity contribution in [2.75, 3.05) is 17.2 Å². The highest BCUT2D eigenvalue weighted by Crippen LogP contribution is 2.22. The van der Waals surface area contributed by atoms with Gasteiger partial charge in [-0.2, -0.15) is 4.98 Å². The first kappa shape index (κ1) is 19.6. The summed E-state index contributed by atoms with van der Waals surface area (Å²) in [6.07, 6.45) is 5.73. The lowest BCUT2D eigenvalue weighted by molar-refractivity contribution is 0.854. The van der Waals surface area contributed by atoms with E-state index in [4.69, 9.17) is 4.98 Å². The quantitative estimate of drug-likeness (QED) is 0.410. The summed E-state index contributed by atoms with van der Waals surface area (Å²) in [5.74, 6) is 1.37. The first-order chi connectivity index (χ1) is 14.6. The molecule has 152 valence electrons. The Balaban J connectivity index is 1.55. The topological polar surface area (TPSA) is 67.7 Å². The van der Waals surface area contributed by atoms with E-state index in [0.717, 1.165) is 29.1 Å². The average Bonchev–Trinajstić information content (AvgIpc) is 3.17. The average molecular weight is 399 g/mol. The van der Waals surface area contributed by atoms with Crippen LogP contribution in [0.4, 0.5) is 11.6 Å². The van der Waals surface area contributed by atoms with Crippen LogP contribution in [-0.2, 0) is 0 Å². The molecule has 0 aliphatic carbocycles. The second kappa shape index (κ2) is 8.78. The summed E-state index contributed by atoms with van der Waals surface area (Å²) in [5.41, 5.74) is 5.45. The van der Waals surface area contributed by atoms with Gasteiger partial charge in [0.15, 0.2) is 0 Å². The van der Waals surface area contributed by atoms with Crippen LogP contribution >= 0.6 is 0 Å². The van der Waals surface area contributed by atoms with E-state index < -0.39 is 0 Å². The largest absolute Gasteiger partial charge is 0.382 e. The fourth-order valence-electron chi connectivity index (χ4n) is 3.25. The molecule has 4 rings (SSSR count). The lowest BCUT2D eigenvalue weighted by atomic mass is 10.1. The van der Waals surface area contributed by atoms with Crippen LogP contribution in [0.25, 0.3) is 16.9 Å². The maximum Gasteiger partial charge on any atom is 0.225 e. The number of imidazole rings is 1. The van der Waals surface area contributed by atoms with E-state index >= 15 is 0 Å². The van der Waals surface area contributed by atoms with Crippen molar-refractivity contribution < 1.29 is 0 Å². The molecular formula is C24H26N6. The second-order valence-corrected chi connectivity index (χ2v) is 7.50. The Hall–Kier alpha value is -3.67. The highest BCUT2D eigenvalue weighted by atomic mass is 15.2. The lowest BCUT2D eigenvalue weighted by Gasteiger charge is -2.14. The van der Waals surface area contributed by atoms with E-state index in [9.17, 15) is 0 Å². The molecule has 0 bridgehead atoms. The molecule has 6 nitrogen and oxygen atoms in total. The van der Waals surface area contributed by atoms with Crippen molar-refractivity contribution in [2.24, 2.45) is 0 Å². The minimum Gasteiger partial charge on any atom is -0.382 e. The van der Waals surface area contributed by atoms with Gasteiger partial charge in [-0.15, -0.1) is 0 Å². The number of hydrogen-bond acceptors (Lipinski definition) is 5. The van der Waals surface area contributed by atoms with Crippen molar-refractivity contribution in [3.05, 3.63) is 84.3 Å². The molecule has 0 amide bonds. The second-order valence-electron chi connectivity index (χ2n) is 7.50. The van der Waals surface area contributed by atoms with Gasteiger partial charge in [0.05, 0.1) is 17.1 Å². The molecule has 30 heavy (non-hydrogen) atoms. The van der Waals surface area contributed by atoms with Gasteiger partial charge >= 0.3 is 0 Å². The van der Waals surface area contributed by atoms with Crippen LogP contribution in [0.15, 0.2) is 78.8 Å². The van der Waals surface area contributed by atoms with E-state index in [2.05, 4.69) is 77.8 Å². The summed E-state index contributed by atoms with van der Waals surface area (Å²) >= 11 is 0. The number of nitrogens with one attached hydrogen (secondary N) is 2. The van der Waals surface area contributed by atoms with Gasteiger partial charge in [-0.05, 0) is 50.6 Å². The number of anilines is 2. The first-order valence-electron chi connectivity index (χ1n) is 10.1. The number of benzene rings is 2. The van der Waals surface area contributed by atoms with Gasteiger partial charge in [-0.1, -0.05) is 42.0 Å². The van der Waals surface area contributed by atoms with Gasteiger partial charge < -0.3 is 10.6 Å². The molecule has 0 unspecified atom stereocenters. The van der Waals surface area contributed by atoms with Crippen LogP contribution in [0.5, 0.6) is 0 Å². The Morgan fingerprint density at radius 2 is 1.90 bits per heavy atom. The van der Waals surface area contributed by atoms with Crippen LogP contribution < -0.4 is 10.6 Å². The van der Waals surface area contributed by atoms with Gasteiger partial charge in [-0.3, -0.25) is 4.57 Å². The Bertz CT molecular complexity index is 1160. The van der Waals surface area contributed by atoms with E-state index in [-0.39, 0.29) is 6.04 Å². The van der Waals surface area contributed by atoms with Crippen LogP contribution in [0.2, 0.25) is 0 Å². The predicted molar refractivity (Wildman–Crippen MR) is 123 cm³/mol. The van der Waals surface area contributed by atoms with Crippen molar-refractivity contribution in [1.29, 1.82) is 0 Å². The molecule has 2 N–H and O–H groups in total. The Morgan fingerprint density at radius 3 is 2.70 bits per heavy atom. The van der Waals surface area contributed by atoms with Crippen molar-refractivity contribution >= 4 is 22.7 Å². The summed E-state index contributed by atoms with van der Waals surface area (Å²) in [6, 6.07) is 18.4. The molecule has 2 aromatic heterocycles. The first-order valence-corrected chi connectivity index (χ1v) is 10.1. The minimum atomic E-state index is 0.107. The van der Waals surface area contributed by atoms with Crippen LogP contribution in [-0.4, -0.2) is 26.1 Å². The maximum atomic E-state index is 4.70. The number of fused-ring (bicyclic) bond motifs is 1. The smallest absolute Gasteiger partial charge is 0.225 e. The Kier molecular flexibility index (Phi) is 5.75. The summed E-state index contributed by atoms with van der Waals surface area (Å²) < 4.78 is 1.98. The molecule has 4 aromatic rings. The summed E-state index contributed by atoms with van der Waals surface area (Å²) in [5, 5.41) is 6.78. The zero-order valence-electron chi connectivity index (χ0n) is 17.5. The summed E-state index contributed by atoms with van der Waals surface area (Å²) in [4.78, 5) is 13.6. The minimum absolute atomic E-state index is 0.107. The van der Waals surface area contributed by atoms with E-state index in [1.807, 2.05) is 28.8 Å². The predicted octanol–water partition coefficient (Wildman–Crippen LogP) is 5.37. The molecule has 0 saturated heterocycles. The van der Waals surface area contributed by atoms with Gasteiger partial charge in [0.1, 0.15) is 12.1 Å². The molecule has 2 heterocycles. The van der Waals surface area contributed by atoms with E-state index in [1.54, 1.807) is 12.5 Å². The van der Waals surface area contributed by atoms with Gasteiger partial charge in [0, 0.05) is 18.4 Å². The highest BCUT2D eigenvalue weighted by Gasteiger charge is 2.10. The normalized spacial score (nSPS) is 11.8. The van der Waals surface area contributed by atoms with Crippen LogP contribution in [0.3, 0.4) is 0 Å². The van der Waals surface area contributed by atoms with E-state index in [0.29, 0.717) is 5.95 Å². The molecule has 6 heteroatoms. The molecule has 0 aliphatic heterocycles. The van der Waals surface area contributed by atoms with Gasteiger partial charge in [0.2, 0.25) is 5.95 Å². The SMILES string of the molecule is CC(C)=CCNc1ccc2c(c1)ncn2-c1ccnc(N[C@@H](C)c2ccccc2)n1. The zero-order valence-corrected chi connectivity index (χ0v) is 17.5. The summed E-state index contributed by atoms with van der Waals surface area (Å²) in [6.45, 7) is 7.09.